The van der Waals surface area contributed by atoms with E-state index in [9.17, 15) is 0 Å². The summed E-state index contributed by atoms with van der Waals surface area (Å²) in [5.74, 6) is 0. The molecule has 0 aromatic carbocycles. The van der Waals surface area contributed by atoms with Crippen molar-refractivity contribution in [3.8, 4) is 0 Å². The van der Waals surface area contributed by atoms with Crippen molar-refractivity contribution >= 4 is 5.71 Å². The van der Waals surface area contributed by atoms with Crippen molar-refractivity contribution in [2.45, 2.75) is 34.1 Å². The molecule has 3 nitrogen and oxygen atoms in total. The van der Waals surface area contributed by atoms with E-state index in [1.807, 2.05) is 13.8 Å². The van der Waals surface area contributed by atoms with E-state index in [1.54, 1.807) is 0 Å². The lowest BCUT2D eigenvalue weighted by atomic mass is 10.3. The molecular weight excluding hydrogens is 164 g/mol. The van der Waals surface area contributed by atoms with Crippen LogP contribution in [-0.2, 0) is 4.74 Å². The van der Waals surface area contributed by atoms with Crippen LogP contribution in [0.4, 0.5) is 0 Å². The Kier molecular flexibility index (Phi) is 7.69. The molecule has 0 spiro atoms. The van der Waals surface area contributed by atoms with Crippen LogP contribution >= 0.6 is 0 Å². The van der Waals surface area contributed by atoms with Gasteiger partial charge in [-0.15, -0.1) is 0 Å². The van der Waals surface area contributed by atoms with Gasteiger partial charge in [0.2, 0.25) is 0 Å². The van der Waals surface area contributed by atoms with Crippen LogP contribution in [0.5, 0.6) is 0 Å². The maximum absolute atomic E-state index is 5.20. The summed E-state index contributed by atoms with van der Waals surface area (Å²) in [6.45, 7) is 11.7. The zero-order valence-electron chi connectivity index (χ0n) is 9.34. The second-order valence-corrected chi connectivity index (χ2v) is 2.75. The molecule has 78 valence electrons. The van der Waals surface area contributed by atoms with Gasteiger partial charge in [-0.3, -0.25) is 5.01 Å². The lowest BCUT2D eigenvalue weighted by Gasteiger charge is -2.24. The molecule has 1 fully saturated rings. The number of rotatable bonds is 2. The van der Waals surface area contributed by atoms with Gasteiger partial charge in [-0.25, -0.2) is 0 Å². The summed E-state index contributed by atoms with van der Waals surface area (Å²) in [4.78, 5) is 0. The quantitative estimate of drug-likeness (QED) is 0.617. The van der Waals surface area contributed by atoms with Crippen LogP contribution in [0.3, 0.4) is 0 Å². The molecule has 0 aromatic rings. The van der Waals surface area contributed by atoms with E-state index >= 15 is 0 Å². The molecule has 3 heteroatoms. The Balaban J connectivity index is 0.000000671. The molecule has 1 rings (SSSR count). The minimum absolute atomic E-state index is 0.820. The number of morpholine rings is 1. The molecule has 0 aromatic heterocycles. The van der Waals surface area contributed by atoms with Crippen molar-refractivity contribution in [3.05, 3.63) is 0 Å². The summed E-state index contributed by atoms with van der Waals surface area (Å²) in [6, 6.07) is 0. The predicted molar refractivity (Wildman–Crippen MR) is 57.1 cm³/mol. The van der Waals surface area contributed by atoms with Crippen molar-refractivity contribution < 1.29 is 4.74 Å². The lowest BCUT2D eigenvalue weighted by Crippen LogP contribution is -2.32. The van der Waals surface area contributed by atoms with E-state index < -0.39 is 0 Å². The van der Waals surface area contributed by atoms with Crippen LogP contribution in [-0.4, -0.2) is 37.0 Å². The van der Waals surface area contributed by atoms with Gasteiger partial charge in [-0.05, 0) is 13.3 Å². The molecule has 1 heterocycles. The Morgan fingerprint density at radius 1 is 1.31 bits per heavy atom. The smallest absolute Gasteiger partial charge is 0.0659 e. The number of hydrogen-bond donors (Lipinski definition) is 0. The summed E-state index contributed by atoms with van der Waals surface area (Å²) in [6.07, 6.45) is 1.04. The van der Waals surface area contributed by atoms with Crippen LogP contribution in [0.15, 0.2) is 5.10 Å². The Morgan fingerprint density at radius 2 is 1.85 bits per heavy atom. The molecule has 0 saturated carbocycles. The largest absolute Gasteiger partial charge is 0.378 e. The van der Waals surface area contributed by atoms with E-state index in [4.69, 9.17) is 4.74 Å². The average molecular weight is 186 g/mol. The van der Waals surface area contributed by atoms with Crippen LogP contribution in [0.2, 0.25) is 0 Å². The number of nitrogens with zero attached hydrogens (tertiary/aromatic N) is 2. The fourth-order valence-electron chi connectivity index (χ4n) is 0.966. The fourth-order valence-corrected chi connectivity index (χ4v) is 0.966. The Hall–Kier alpha value is -0.570. The summed E-state index contributed by atoms with van der Waals surface area (Å²) in [5.41, 5.74) is 1.20. The van der Waals surface area contributed by atoms with E-state index in [2.05, 4.69) is 24.0 Å². The number of hydrogen-bond acceptors (Lipinski definition) is 3. The maximum Gasteiger partial charge on any atom is 0.0659 e. The van der Waals surface area contributed by atoms with Crippen LogP contribution in [0, 0.1) is 0 Å². The van der Waals surface area contributed by atoms with Crippen molar-refractivity contribution in [1.82, 2.24) is 5.01 Å². The normalized spacial score (nSPS) is 17.8. The van der Waals surface area contributed by atoms with Gasteiger partial charge in [0.05, 0.1) is 26.3 Å². The second-order valence-electron chi connectivity index (χ2n) is 2.75. The lowest BCUT2D eigenvalue weighted by molar-refractivity contribution is 0.0392. The minimum Gasteiger partial charge on any atom is -0.378 e. The molecule has 0 aliphatic carbocycles. The predicted octanol–water partition coefficient (Wildman–Crippen LogP) is 2.13. The SMILES string of the molecule is CC.CC/C(C)=N\N1CCOCC1. The first-order chi connectivity index (χ1) is 6.33. The Labute approximate surface area is 81.8 Å². The maximum atomic E-state index is 5.20. The molecule has 0 radical (unpaired) electrons. The highest BCUT2D eigenvalue weighted by molar-refractivity contribution is 5.81. The molecule has 0 N–H and O–H groups in total. The van der Waals surface area contributed by atoms with Gasteiger partial charge in [-0.2, -0.15) is 5.10 Å². The molecular formula is C10H22N2O. The van der Waals surface area contributed by atoms with Gasteiger partial charge < -0.3 is 4.74 Å². The van der Waals surface area contributed by atoms with Crippen LogP contribution < -0.4 is 0 Å². The molecule has 1 aliphatic heterocycles. The summed E-state index contributed by atoms with van der Waals surface area (Å²) in [5, 5.41) is 6.51. The van der Waals surface area contributed by atoms with Crippen molar-refractivity contribution in [2.24, 2.45) is 5.10 Å². The van der Waals surface area contributed by atoms with Gasteiger partial charge in [0.25, 0.3) is 0 Å². The van der Waals surface area contributed by atoms with Crippen LogP contribution in [0.25, 0.3) is 0 Å². The highest BCUT2D eigenvalue weighted by Crippen LogP contribution is 1.98. The highest BCUT2D eigenvalue weighted by atomic mass is 16.5. The fraction of sp³-hybridized carbons (Fsp3) is 0.900. The first-order valence-electron chi connectivity index (χ1n) is 5.19. The zero-order valence-corrected chi connectivity index (χ0v) is 9.34. The third kappa shape index (κ3) is 5.64. The van der Waals surface area contributed by atoms with Crippen LogP contribution in [0.1, 0.15) is 34.1 Å². The minimum atomic E-state index is 0.820. The van der Waals surface area contributed by atoms with E-state index in [1.165, 1.54) is 5.71 Å². The van der Waals surface area contributed by atoms with Crippen molar-refractivity contribution in [1.29, 1.82) is 0 Å². The third-order valence-corrected chi connectivity index (χ3v) is 1.81. The Bertz CT molecular complexity index is 140. The summed E-state index contributed by atoms with van der Waals surface area (Å²) < 4.78 is 5.20. The van der Waals surface area contributed by atoms with Gasteiger partial charge in [0.15, 0.2) is 0 Å². The number of ether oxygens (including phenoxy) is 1. The summed E-state index contributed by atoms with van der Waals surface area (Å²) >= 11 is 0. The first-order valence-corrected chi connectivity index (χ1v) is 5.19. The first kappa shape index (κ1) is 12.4. The van der Waals surface area contributed by atoms with Gasteiger partial charge in [0.1, 0.15) is 0 Å². The molecule has 0 amide bonds. The van der Waals surface area contributed by atoms with Gasteiger partial charge in [0, 0.05) is 5.71 Å². The molecule has 0 bridgehead atoms. The topological polar surface area (TPSA) is 24.8 Å². The van der Waals surface area contributed by atoms with E-state index in [0.29, 0.717) is 0 Å². The van der Waals surface area contributed by atoms with E-state index in [0.717, 1.165) is 32.7 Å². The Morgan fingerprint density at radius 3 is 2.31 bits per heavy atom. The molecule has 0 atom stereocenters. The average Bonchev–Trinajstić information content (AvgIpc) is 2.22. The van der Waals surface area contributed by atoms with Gasteiger partial charge in [-0.1, -0.05) is 20.8 Å². The standard InChI is InChI=1S/C8H16N2O.C2H6/c1-3-8(2)9-10-4-6-11-7-5-10;1-2/h3-7H2,1-2H3;1-2H3/b9-8-;. The molecule has 13 heavy (non-hydrogen) atoms. The van der Waals surface area contributed by atoms with E-state index in [-0.39, 0.29) is 0 Å². The molecule has 1 saturated heterocycles. The third-order valence-electron chi connectivity index (χ3n) is 1.81. The summed E-state index contributed by atoms with van der Waals surface area (Å²) in [7, 11) is 0. The molecule has 1 aliphatic rings. The van der Waals surface area contributed by atoms with Crippen molar-refractivity contribution in [2.75, 3.05) is 26.3 Å². The monoisotopic (exact) mass is 186 g/mol. The van der Waals surface area contributed by atoms with Gasteiger partial charge >= 0.3 is 0 Å². The highest BCUT2D eigenvalue weighted by Gasteiger charge is 2.06. The van der Waals surface area contributed by atoms with Crippen molar-refractivity contribution in [3.63, 3.8) is 0 Å². The molecule has 0 unspecified atom stereocenters. The number of hydrazone groups is 1. The zero-order chi connectivity index (χ0) is 10.1. The second kappa shape index (κ2) is 8.05.